The first kappa shape index (κ1) is 20.6. The van der Waals surface area contributed by atoms with E-state index < -0.39 is 16.1 Å². The highest BCUT2D eigenvalue weighted by molar-refractivity contribution is 7.89. The van der Waals surface area contributed by atoms with Crippen LogP contribution in [0.5, 0.6) is 0 Å². The lowest BCUT2D eigenvalue weighted by Gasteiger charge is -2.29. The molecule has 1 unspecified atom stereocenters. The highest BCUT2D eigenvalue weighted by Gasteiger charge is 2.34. The molecule has 146 valence electrons. The van der Waals surface area contributed by atoms with Gasteiger partial charge in [-0.1, -0.05) is 44.9 Å². The number of sulfonamides is 1. The van der Waals surface area contributed by atoms with E-state index >= 15 is 0 Å². The molecule has 0 aromatic carbocycles. The molecule has 1 aliphatic heterocycles. The van der Waals surface area contributed by atoms with Crippen molar-refractivity contribution in [1.82, 2.24) is 9.62 Å². The number of nitrogens with zero attached hydrogens (tertiary/aromatic N) is 1. The van der Waals surface area contributed by atoms with Crippen molar-refractivity contribution in [3.63, 3.8) is 0 Å². The summed E-state index contributed by atoms with van der Waals surface area (Å²) in [6, 6.07) is -0.555. The molecule has 3 N–H and O–H groups in total. The third-order valence-corrected chi connectivity index (χ3v) is 6.94. The Morgan fingerprint density at radius 3 is 2.36 bits per heavy atom. The summed E-state index contributed by atoms with van der Waals surface area (Å²) >= 11 is 0. The summed E-state index contributed by atoms with van der Waals surface area (Å²) in [7, 11) is -3.25. The average molecular weight is 374 g/mol. The van der Waals surface area contributed by atoms with Crippen LogP contribution in [0.3, 0.4) is 0 Å². The van der Waals surface area contributed by atoms with E-state index in [0.717, 1.165) is 51.1 Å². The Bertz CT molecular complexity index is 504. The first-order chi connectivity index (χ1) is 12.0. The van der Waals surface area contributed by atoms with E-state index in [1.165, 1.54) is 32.1 Å². The van der Waals surface area contributed by atoms with E-state index in [0.29, 0.717) is 13.0 Å². The first-order valence-corrected chi connectivity index (χ1v) is 11.7. The molecule has 7 heteroatoms. The fraction of sp³-hybridized carbons (Fsp3) is 0.944. The number of carbonyl (C=O) groups is 1. The number of nitrogens with two attached hydrogens (primary N) is 1. The minimum Gasteiger partial charge on any atom is -0.341 e. The van der Waals surface area contributed by atoms with Gasteiger partial charge < -0.3 is 10.6 Å². The van der Waals surface area contributed by atoms with E-state index in [1.807, 2.05) is 4.90 Å². The van der Waals surface area contributed by atoms with E-state index in [1.54, 1.807) is 0 Å². The Kier molecular flexibility index (Phi) is 8.66. The van der Waals surface area contributed by atoms with Gasteiger partial charge in [-0.2, -0.15) is 0 Å². The maximum Gasteiger partial charge on any atom is 0.240 e. The van der Waals surface area contributed by atoms with Crippen LogP contribution in [0, 0.1) is 5.92 Å². The fourth-order valence-corrected chi connectivity index (χ4v) is 5.26. The molecule has 2 aliphatic rings. The predicted molar refractivity (Wildman–Crippen MR) is 101 cm³/mol. The molecule has 1 saturated carbocycles. The molecular formula is C18H35N3O3S. The molecule has 1 atom stereocenters. The number of rotatable bonds is 10. The number of amides is 1. The molecular weight excluding hydrogens is 338 g/mol. The molecule has 1 amide bonds. The van der Waals surface area contributed by atoms with Gasteiger partial charge in [-0.25, -0.2) is 13.1 Å². The molecule has 0 radical (unpaired) electrons. The van der Waals surface area contributed by atoms with Crippen LogP contribution < -0.4 is 10.5 Å². The van der Waals surface area contributed by atoms with Crippen molar-refractivity contribution in [2.75, 3.05) is 25.4 Å². The summed E-state index contributed by atoms with van der Waals surface area (Å²) in [5.41, 5.74) is 5.53. The molecule has 25 heavy (non-hydrogen) atoms. The zero-order valence-electron chi connectivity index (χ0n) is 15.4. The third kappa shape index (κ3) is 7.23. The Balaban J connectivity index is 1.84. The normalized spacial score (nSPS) is 23.6. The topological polar surface area (TPSA) is 92.5 Å². The molecule has 2 fully saturated rings. The van der Waals surface area contributed by atoms with Crippen LogP contribution in [-0.4, -0.2) is 50.7 Å². The lowest BCUT2D eigenvalue weighted by molar-refractivity contribution is -0.133. The van der Waals surface area contributed by atoms with Gasteiger partial charge in [0.15, 0.2) is 0 Å². The number of hydrogen-bond acceptors (Lipinski definition) is 4. The van der Waals surface area contributed by atoms with Crippen molar-refractivity contribution in [2.24, 2.45) is 11.7 Å². The van der Waals surface area contributed by atoms with Crippen LogP contribution in [0.1, 0.15) is 70.6 Å². The zero-order valence-corrected chi connectivity index (χ0v) is 16.2. The van der Waals surface area contributed by atoms with Gasteiger partial charge >= 0.3 is 0 Å². The van der Waals surface area contributed by atoms with Gasteiger partial charge in [-0.15, -0.1) is 0 Å². The van der Waals surface area contributed by atoms with Crippen LogP contribution in [-0.2, 0) is 14.8 Å². The SMILES string of the molecule is NCCCCCCN(CCC1CCCCC1)C(=O)C1CCS(=O)(=O)N1. The predicted octanol–water partition coefficient (Wildman–Crippen LogP) is 2.00. The van der Waals surface area contributed by atoms with Crippen LogP contribution in [0.4, 0.5) is 0 Å². The van der Waals surface area contributed by atoms with Crippen molar-refractivity contribution in [3.8, 4) is 0 Å². The molecule has 1 heterocycles. The van der Waals surface area contributed by atoms with Gasteiger partial charge in [-0.3, -0.25) is 4.79 Å². The average Bonchev–Trinajstić information content (AvgIpc) is 2.97. The minimum atomic E-state index is -3.25. The van der Waals surface area contributed by atoms with Crippen LogP contribution in [0.15, 0.2) is 0 Å². The molecule has 0 bridgehead atoms. The van der Waals surface area contributed by atoms with Crippen molar-refractivity contribution in [2.45, 2.75) is 76.7 Å². The summed E-state index contributed by atoms with van der Waals surface area (Å²) < 4.78 is 25.7. The summed E-state index contributed by atoms with van der Waals surface area (Å²) in [6.07, 6.45) is 12.1. The van der Waals surface area contributed by atoms with Crippen molar-refractivity contribution >= 4 is 15.9 Å². The second kappa shape index (κ2) is 10.5. The fourth-order valence-electron chi connectivity index (χ4n) is 3.95. The lowest BCUT2D eigenvalue weighted by Crippen LogP contribution is -2.45. The van der Waals surface area contributed by atoms with Crippen LogP contribution in [0.2, 0.25) is 0 Å². The smallest absolute Gasteiger partial charge is 0.240 e. The van der Waals surface area contributed by atoms with Crippen molar-refractivity contribution in [3.05, 3.63) is 0 Å². The van der Waals surface area contributed by atoms with Crippen molar-refractivity contribution in [1.29, 1.82) is 0 Å². The number of hydrogen-bond donors (Lipinski definition) is 2. The molecule has 0 aromatic heterocycles. The molecule has 0 spiro atoms. The Morgan fingerprint density at radius 2 is 1.72 bits per heavy atom. The summed E-state index contributed by atoms with van der Waals surface area (Å²) in [4.78, 5) is 14.7. The summed E-state index contributed by atoms with van der Waals surface area (Å²) in [5, 5.41) is 0. The molecule has 1 aliphatic carbocycles. The standard InChI is InChI=1S/C18H35N3O3S/c19-12-6-1-2-7-13-21(14-10-16-8-4-3-5-9-16)18(22)17-11-15-25(23,24)20-17/h16-17,20H,1-15,19H2. The summed E-state index contributed by atoms with van der Waals surface area (Å²) in [5.74, 6) is 0.758. The second-order valence-electron chi connectivity index (χ2n) is 7.60. The quantitative estimate of drug-likeness (QED) is 0.573. The molecule has 2 rings (SSSR count). The van der Waals surface area contributed by atoms with E-state index in [4.69, 9.17) is 5.73 Å². The maximum absolute atomic E-state index is 12.8. The second-order valence-corrected chi connectivity index (χ2v) is 9.47. The molecule has 0 aromatic rings. The van der Waals surface area contributed by atoms with Gasteiger partial charge in [0.1, 0.15) is 6.04 Å². The minimum absolute atomic E-state index is 0.0318. The monoisotopic (exact) mass is 373 g/mol. The largest absolute Gasteiger partial charge is 0.341 e. The Hall–Kier alpha value is -0.660. The van der Waals surface area contributed by atoms with E-state index in [9.17, 15) is 13.2 Å². The van der Waals surface area contributed by atoms with Crippen LogP contribution in [0.25, 0.3) is 0 Å². The van der Waals surface area contributed by atoms with Gasteiger partial charge in [0.2, 0.25) is 15.9 Å². The van der Waals surface area contributed by atoms with Gasteiger partial charge in [0, 0.05) is 13.1 Å². The maximum atomic E-state index is 12.8. The first-order valence-electron chi connectivity index (χ1n) is 10.0. The summed E-state index contributed by atoms with van der Waals surface area (Å²) in [6.45, 7) is 2.21. The van der Waals surface area contributed by atoms with E-state index in [2.05, 4.69) is 4.72 Å². The van der Waals surface area contributed by atoms with Gasteiger partial charge in [0.25, 0.3) is 0 Å². The lowest BCUT2D eigenvalue weighted by atomic mass is 9.87. The molecule has 1 saturated heterocycles. The number of nitrogens with one attached hydrogen (secondary N) is 1. The Labute approximate surface area is 153 Å². The zero-order chi connectivity index (χ0) is 18.1. The highest BCUT2D eigenvalue weighted by Crippen LogP contribution is 2.26. The molecule has 6 nitrogen and oxygen atoms in total. The van der Waals surface area contributed by atoms with Gasteiger partial charge in [0.05, 0.1) is 5.75 Å². The van der Waals surface area contributed by atoms with E-state index in [-0.39, 0.29) is 11.7 Å². The van der Waals surface area contributed by atoms with Crippen LogP contribution >= 0.6 is 0 Å². The highest BCUT2D eigenvalue weighted by atomic mass is 32.2. The Morgan fingerprint density at radius 1 is 1.00 bits per heavy atom. The number of carbonyl (C=O) groups excluding carboxylic acids is 1. The third-order valence-electron chi connectivity index (χ3n) is 5.52. The van der Waals surface area contributed by atoms with Crippen molar-refractivity contribution < 1.29 is 13.2 Å². The van der Waals surface area contributed by atoms with Gasteiger partial charge in [-0.05, 0) is 38.1 Å². The number of unbranched alkanes of at least 4 members (excludes halogenated alkanes) is 3.